The van der Waals surface area contributed by atoms with Gasteiger partial charge in [0.05, 0.1) is 18.7 Å². The highest BCUT2D eigenvalue weighted by atomic mass is 16.5. The van der Waals surface area contributed by atoms with Crippen LogP contribution >= 0.6 is 0 Å². The third-order valence-electron chi connectivity index (χ3n) is 3.29. The van der Waals surface area contributed by atoms with Crippen LogP contribution < -0.4 is 4.74 Å². The van der Waals surface area contributed by atoms with Gasteiger partial charge >= 0.3 is 0 Å². The number of rotatable bonds is 2. The Bertz CT molecular complexity index is 539. The van der Waals surface area contributed by atoms with E-state index in [9.17, 15) is 0 Å². The number of benzene rings is 1. The monoisotopic (exact) mass is 213 g/mol. The van der Waals surface area contributed by atoms with E-state index < -0.39 is 0 Å². The minimum atomic E-state index is 0.518. The summed E-state index contributed by atoms with van der Waals surface area (Å²) in [5.41, 5.74) is 1.26. The summed E-state index contributed by atoms with van der Waals surface area (Å²) in [5.74, 6) is 0.957. The summed E-state index contributed by atoms with van der Waals surface area (Å²) >= 11 is 0. The average Bonchev–Trinajstić information content (AvgIpc) is 2.96. The Morgan fingerprint density at radius 2 is 2.25 bits per heavy atom. The van der Waals surface area contributed by atoms with Crippen LogP contribution in [0.2, 0.25) is 0 Å². The maximum Gasteiger partial charge on any atom is 0.128 e. The molecule has 2 heteroatoms. The quantitative estimate of drug-likeness (QED) is 0.696. The summed E-state index contributed by atoms with van der Waals surface area (Å²) in [7, 11) is 1.72. The van der Waals surface area contributed by atoms with Gasteiger partial charge in [-0.2, -0.15) is 0 Å². The standard InChI is InChI=1S/C14H15NO/c1-16-14-8-4-7-13-12(14)9-10-15(13)11-5-2-3-6-11/h2,4-5,7-11H,3,6H2,1H3. The summed E-state index contributed by atoms with van der Waals surface area (Å²) in [6.07, 6.45) is 9.11. The van der Waals surface area contributed by atoms with Crippen LogP contribution in [0.15, 0.2) is 42.6 Å². The highest BCUT2D eigenvalue weighted by molar-refractivity contribution is 5.86. The van der Waals surface area contributed by atoms with Crippen molar-refractivity contribution < 1.29 is 4.74 Å². The first-order valence-corrected chi connectivity index (χ1v) is 5.70. The lowest BCUT2D eigenvalue weighted by Crippen LogP contribution is -2.01. The van der Waals surface area contributed by atoms with Gasteiger partial charge in [-0.1, -0.05) is 18.2 Å². The predicted octanol–water partition coefficient (Wildman–Crippen LogP) is 3.54. The van der Waals surface area contributed by atoms with Gasteiger partial charge in [0.25, 0.3) is 0 Å². The van der Waals surface area contributed by atoms with E-state index in [2.05, 4.69) is 41.1 Å². The zero-order valence-electron chi connectivity index (χ0n) is 9.39. The Balaban J connectivity index is 2.16. The Labute approximate surface area is 95.1 Å². The van der Waals surface area contributed by atoms with Crippen molar-refractivity contribution in [3.8, 4) is 5.75 Å². The molecule has 82 valence electrons. The third kappa shape index (κ3) is 1.33. The molecule has 3 rings (SSSR count). The van der Waals surface area contributed by atoms with Crippen molar-refractivity contribution in [2.45, 2.75) is 18.9 Å². The molecule has 0 amide bonds. The van der Waals surface area contributed by atoms with E-state index in [0.717, 1.165) is 5.75 Å². The molecule has 0 spiro atoms. The summed E-state index contributed by atoms with van der Waals surface area (Å²) in [6, 6.07) is 8.88. The molecule has 1 atom stereocenters. The number of hydrogen-bond acceptors (Lipinski definition) is 1. The maximum absolute atomic E-state index is 5.37. The number of ether oxygens (including phenoxy) is 1. The van der Waals surface area contributed by atoms with Crippen LogP contribution in [0, 0.1) is 0 Å². The molecular formula is C14H15NO. The van der Waals surface area contributed by atoms with Gasteiger partial charge in [0, 0.05) is 11.6 Å². The second kappa shape index (κ2) is 3.71. The third-order valence-corrected chi connectivity index (χ3v) is 3.29. The minimum absolute atomic E-state index is 0.518. The number of aromatic nitrogens is 1. The van der Waals surface area contributed by atoms with Crippen LogP contribution in [0.1, 0.15) is 18.9 Å². The van der Waals surface area contributed by atoms with Crippen molar-refractivity contribution in [3.05, 3.63) is 42.6 Å². The van der Waals surface area contributed by atoms with Crippen molar-refractivity contribution in [2.75, 3.05) is 7.11 Å². The Kier molecular flexibility index (Phi) is 2.21. The molecule has 0 N–H and O–H groups in total. The zero-order chi connectivity index (χ0) is 11.0. The van der Waals surface area contributed by atoms with E-state index in [0.29, 0.717) is 6.04 Å². The van der Waals surface area contributed by atoms with E-state index in [1.54, 1.807) is 7.11 Å². The van der Waals surface area contributed by atoms with Crippen LogP contribution in [-0.4, -0.2) is 11.7 Å². The van der Waals surface area contributed by atoms with E-state index >= 15 is 0 Å². The van der Waals surface area contributed by atoms with E-state index in [1.165, 1.54) is 23.7 Å². The predicted molar refractivity (Wildman–Crippen MR) is 65.9 cm³/mol. The van der Waals surface area contributed by atoms with Gasteiger partial charge in [-0.3, -0.25) is 0 Å². The number of methoxy groups -OCH3 is 1. The lowest BCUT2D eigenvalue weighted by molar-refractivity contribution is 0.420. The van der Waals surface area contributed by atoms with Crippen molar-refractivity contribution in [1.82, 2.24) is 4.57 Å². The van der Waals surface area contributed by atoms with Gasteiger partial charge in [-0.25, -0.2) is 0 Å². The molecule has 1 heterocycles. The fourth-order valence-corrected chi connectivity index (χ4v) is 2.48. The minimum Gasteiger partial charge on any atom is -0.496 e. The molecule has 0 fully saturated rings. The highest BCUT2D eigenvalue weighted by Gasteiger charge is 2.14. The van der Waals surface area contributed by atoms with E-state index in [1.807, 2.05) is 6.07 Å². The molecule has 1 aliphatic carbocycles. The largest absolute Gasteiger partial charge is 0.496 e. The van der Waals surface area contributed by atoms with Gasteiger partial charge in [0.2, 0.25) is 0 Å². The molecular weight excluding hydrogens is 198 g/mol. The lowest BCUT2D eigenvalue weighted by atomic mass is 10.2. The number of allylic oxidation sites excluding steroid dienone is 2. The van der Waals surface area contributed by atoms with E-state index in [-0.39, 0.29) is 0 Å². The molecule has 16 heavy (non-hydrogen) atoms. The molecule has 1 aromatic heterocycles. The molecule has 0 aliphatic heterocycles. The van der Waals surface area contributed by atoms with Crippen LogP contribution in [-0.2, 0) is 0 Å². The molecule has 2 nitrogen and oxygen atoms in total. The number of fused-ring (bicyclic) bond motifs is 1. The molecule has 0 saturated heterocycles. The molecule has 2 aromatic rings. The Morgan fingerprint density at radius 3 is 3.00 bits per heavy atom. The van der Waals surface area contributed by atoms with Gasteiger partial charge in [-0.05, 0) is 31.0 Å². The van der Waals surface area contributed by atoms with Crippen molar-refractivity contribution in [3.63, 3.8) is 0 Å². The summed E-state index contributed by atoms with van der Waals surface area (Å²) in [5, 5.41) is 1.20. The van der Waals surface area contributed by atoms with Crippen LogP contribution in [0.4, 0.5) is 0 Å². The molecule has 0 bridgehead atoms. The second-order valence-electron chi connectivity index (χ2n) is 4.19. The fraction of sp³-hybridized carbons (Fsp3) is 0.286. The number of nitrogens with zero attached hydrogens (tertiary/aromatic N) is 1. The van der Waals surface area contributed by atoms with Gasteiger partial charge in [-0.15, -0.1) is 0 Å². The van der Waals surface area contributed by atoms with Crippen molar-refractivity contribution in [2.24, 2.45) is 0 Å². The Hall–Kier alpha value is -1.70. The summed E-state index contributed by atoms with van der Waals surface area (Å²) in [6.45, 7) is 0. The van der Waals surface area contributed by atoms with Gasteiger partial charge in [0.15, 0.2) is 0 Å². The van der Waals surface area contributed by atoms with Crippen molar-refractivity contribution in [1.29, 1.82) is 0 Å². The lowest BCUT2D eigenvalue weighted by Gasteiger charge is -2.12. The summed E-state index contributed by atoms with van der Waals surface area (Å²) in [4.78, 5) is 0. The highest BCUT2D eigenvalue weighted by Crippen LogP contribution is 2.31. The normalized spacial score (nSPS) is 19.4. The van der Waals surface area contributed by atoms with Crippen molar-refractivity contribution >= 4 is 10.9 Å². The van der Waals surface area contributed by atoms with Crippen LogP contribution in [0.5, 0.6) is 5.75 Å². The molecule has 0 radical (unpaired) electrons. The Morgan fingerprint density at radius 1 is 1.31 bits per heavy atom. The molecule has 0 saturated carbocycles. The number of hydrogen-bond donors (Lipinski definition) is 0. The van der Waals surface area contributed by atoms with Crippen LogP contribution in [0.25, 0.3) is 10.9 Å². The average molecular weight is 213 g/mol. The topological polar surface area (TPSA) is 14.2 Å². The second-order valence-corrected chi connectivity index (χ2v) is 4.19. The van der Waals surface area contributed by atoms with Gasteiger partial charge in [0.1, 0.15) is 5.75 Å². The molecule has 1 aromatic carbocycles. The first kappa shape index (κ1) is 9.52. The first-order valence-electron chi connectivity index (χ1n) is 5.70. The molecule has 1 unspecified atom stereocenters. The van der Waals surface area contributed by atoms with E-state index in [4.69, 9.17) is 4.74 Å². The van der Waals surface area contributed by atoms with Gasteiger partial charge < -0.3 is 9.30 Å². The summed E-state index contributed by atoms with van der Waals surface area (Å²) < 4.78 is 7.71. The zero-order valence-corrected chi connectivity index (χ0v) is 9.39. The first-order chi connectivity index (χ1) is 7.90. The maximum atomic E-state index is 5.37. The fourth-order valence-electron chi connectivity index (χ4n) is 2.48. The molecule has 1 aliphatic rings. The SMILES string of the molecule is COc1cccc2c1ccn2C1C=CCC1. The van der Waals surface area contributed by atoms with Crippen LogP contribution in [0.3, 0.4) is 0 Å². The smallest absolute Gasteiger partial charge is 0.128 e.